The number of likely N-dealkylation sites (tertiary alicyclic amines) is 1. The molecule has 3 heterocycles. The number of hydrogen-bond acceptors (Lipinski definition) is 5. The maximum absolute atomic E-state index is 14.2. The Morgan fingerprint density at radius 3 is 2.65 bits per heavy atom. The van der Waals surface area contributed by atoms with Crippen molar-refractivity contribution in [2.45, 2.75) is 74.0 Å². The number of carboxylic acids is 1. The van der Waals surface area contributed by atoms with Crippen LogP contribution < -0.4 is 0 Å². The van der Waals surface area contributed by atoms with Crippen molar-refractivity contribution in [3.63, 3.8) is 0 Å². The number of amides is 2. The zero-order valence-corrected chi connectivity index (χ0v) is 19.1. The number of hydrogen-bond donors (Lipinski definition) is 2. The highest BCUT2D eigenvalue weighted by atomic mass is 32.2. The molecule has 31 heavy (non-hydrogen) atoms. The van der Waals surface area contributed by atoms with Crippen LogP contribution in [0, 0.1) is 17.8 Å². The molecule has 1 aliphatic carbocycles. The predicted molar refractivity (Wildman–Crippen MR) is 118 cm³/mol. The predicted octanol–water partition coefficient (Wildman–Crippen LogP) is 2.14. The summed E-state index contributed by atoms with van der Waals surface area (Å²) in [5.41, 5.74) is 0. The number of aliphatic hydroxyl groups excluding tert-OH is 1. The third-order valence-corrected chi connectivity index (χ3v) is 10.0. The fourth-order valence-electron chi connectivity index (χ4n) is 6.67. The summed E-state index contributed by atoms with van der Waals surface area (Å²) in [4.78, 5) is 43.4. The summed E-state index contributed by atoms with van der Waals surface area (Å²) < 4.78 is -0.703. The highest BCUT2D eigenvalue weighted by Crippen LogP contribution is 2.68. The Morgan fingerprint density at radius 2 is 2.03 bits per heavy atom. The molecule has 2 amide bonds. The van der Waals surface area contributed by atoms with E-state index < -0.39 is 28.6 Å². The average Bonchev–Trinajstić information content (AvgIpc) is 3.34. The van der Waals surface area contributed by atoms with Crippen molar-refractivity contribution in [1.29, 1.82) is 0 Å². The Morgan fingerprint density at radius 1 is 1.32 bits per heavy atom. The molecule has 2 N–H and O–H groups in total. The smallest absolute Gasteiger partial charge is 0.308 e. The first-order valence-corrected chi connectivity index (χ1v) is 12.5. The first-order valence-electron chi connectivity index (χ1n) is 11.6. The van der Waals surface area contributed by atoms with Gasteiger partial charge in [-0.25, -0.2) is 0 Å². The molecule has 1 spiro atoms. The van der Waals surface area contributed by atoms with Gasteiger partial charge >= 0.3 is 5.97 Å². The maximum atomic E-state index is 14.2. The van der Waals surface area contributed by atoms with Gasteiger partial charge in [0, 0.05) is 31.0 Å². The first kappa shape index (κ1) is 22.6. The number of nitrogens with zero attached hydrogens (tertiary/aromatic N) is 2. The number of aliphatic carboxylic acids is 1. The Hall–Kier alpha value is -1.54. The largest absolute Gasteiger partial charge is 0.481 e. The molecule has 0 aromatic rings. The lowest BCUT2D eigenvalue weighted by Gasteiger charge is -2.43. The standard InChI is InChI=1S/C23H34N2O5S/c1-3-10-24(15-8-5-4-6-9-15)21(28)19-23-14(2)13-16(31-23)17(22(29)30)18(23)20(27)25(19)11-7-12-26/h3,14-19,26H,1,4-13H2,2H3,(H,29,30)/t14?,16-,17+,18+,19?,23?/m1/s1. The van der Waals surface area contributed by atoms with E-state index in [1.807, 2.05) is 4.90 Å². The second kappa shape index (κ2) is 8.77. The van der Waals surface area contributed by atoms with Crippen molar-refractivity contribution in [2.24, 2.45) is 17.8 Å². The van der Waals surface area contributed by atoms with Crippen LogP contribution in [0.3, 0.4) is 0 Å². The van der Waals surface area contributed by atoms with E-state index in [1.54, 1.807) is 22.7 Å². The highest BCUT2D eigenvalue weighted by molar-refractivity contribution is 8.02. The summed E-state index contributed by atoms with van der Waals surface area (Å²) in [6, 6.07) is -0.536. The second-order valence-electron chi connectivity index (χ2n) is 9.57. The molecule has 2 bridgehead atoms. The van der Waals surface area contributed by atoms with Crippen molar-refractivity contribution in [2.75, 3.05) is 19.7 Å². The van der Waals surface area contributed by atoms with E-state index in [2.05, 4.69) is 13.5 Å². The maximum Gasteiger partial charge on any atom is 0.308 e. The van der Waals surface area contributed by atoms with Crippen molar-refractivity contribution in [3.05, 3.63) is 12.7 Å². The molecule has 3 aliphatic heterocycles. The van der Waals surface area contributed by atoms with Gasteiger partial charge in [-0.15, -0.1) is 18.3 Å². The zero-order valence-electron chi connectivity index (χ0n) is 18.2. The second-order valence-corrected chi connectivity index (χ2v) is 11.1. The van der Waals surface area contributed by atoms with E-state index in [4.69, 9.17) is 0 Å². The van der Waals surface area contributed by atoms with Gasteiger partial charge in [0.2, 0.25) is 11.8 Å². The zero-order chi connectivity index (χ0) is 22.3. The minimum absolute atomic E-state index is 0.0633. The van der Waals surface area contributed by atoms with E-state index in [-0.39, 0.29) is 42.2 Å². The highest BCUT2D eigenvalue weighted by Gasteiger charge is 2.76. The normalized spacial score (nSPS) is 37.2. The Labute approximate surface area is 188 Å². The fourth-order valence-corrected chi connectivity index (χ4v) is 9.08. The molecule has 1 saturated carbocycles. The van der Waals surface area contributed by atoms with Gasteiger partial charge in [0.25, 0.3) is 0 Å². The van der Waals surface area contributed by atoms with Gasteiger partial charge in [0.15, 0.2) is 0 Å². The van der Waals surface area contributed by atoms with Gasteiger partial charge in [-0.05, 0) is 31.6 Å². The van der Waals surface area contributed by atoms with Gasteiger partial charge in [-0.1, -0.05) is 32.3 Å². The first-order chi connectivity index (χ1) is 14.9. The molecule has 3 saturated heterocycles. The van der Waals surface area contributed by atoms with Crippen molar-refractivity contribution >= 4 is 29.5 Å². The van der Waals surface area contributed by atoms with Crippen LogP contribution in [-0.2, 0) is 14.4 Å². The number of aliphatic hydroxyl groups is 1. The molecule has 0 aromatic heterocycles. The van der Waals surface area contributed by atoms with Gasteiger partial charge in [-0.2, -0.15) is 0 Å². The van der Waals surface area contributed by atoms with Crippen LogP contribution in [0.25, 0.3) is 0 Å². The number of rotatable bonds is 8. The van der Waals surface area contributed by atoms with E-state index in [0.29, 0.717) is 19.4 Å². The topological polar surface area (TPSA) is 98.2 Å². The van der Waals surface area contributed by atoms with Crippen LogP contribution in [0.15, 0.2) is 12.7 Å². The molecule has 4 aliphatic rings. The Balaban J connectivity index is 1.75. The van der Waals surface area contributed by atoms with E-state index in [0.717, 1.165) is 25.7 Å². The summed E-state index contributed by atoms with van der Waals surface area (Å²) in [5.74, 6) is -2.55. The van der Waals surface area contributed by atoms with Crippen LogP contribution in [0.1, 0.15) is 51.9 Å². The summed E-state index contributed by atoms with van der Waals surface area (Å²) in [7, 11) is 0. The number of carboxylic acid groups (broad SMARTS) is 1. The lowest BCUT2D eigenvalue weighted by Crippen LogP contribution is -2.59. The molecular formula is C23H34N2O5S. The minimum atomic E-state index is -0.935. The monoisotopic (exact) mass is 450 g/mol. The molecule has 0 radical (unpaired) electrons. The summed E-state index contributed by atoms with van der Waals surface area (Å²) in [5, 5.41) is 19.2. The van der Waals surface area contributed by atoms with Crippen molar-refractivity contribution in [3.8, 4) is 0 Å². The van der Waals surface area contributed by atoms with Gasteiger partial charge in [0.05, 0.1) is 16.6 Å². The fraction of sp³-hybridized carbons (Fsp3) is 0.783. The minimum Gasteiger partial charge on any atom is -0.481 e. The average molecular weight is 451 g/mol. The number of fused-ring (bicyclic) bond motifs is 1. The Bertz CT molecular complexity index is 754. The molecule has 172 valence electrons. The molecule has 0 aromatic carbocycles. The van der Waals surface area contributed by atoms with Crippen LogP contribution in [0.5, 0.6) is 0 Å². The lowest BCUT2D eigenvalue weighted by molar-refractivity contribution is -0.149. The lowest BCUT2D eigenvalue weighted by atomic mass is 9.66. The van der Waals surface area contributed by atoms with E-state index in [9.17, 15) is 24.6 Å². The van der Waals surface area contributed by atoms with E-state index >= 15 is 0 Å². The van der Waals surface area contributed by atoms with Gasteiger partial charge < -0.3 is 20.0 Å². The number of carbonyl (C=O) groups excluding carboxylic acids is 2. The third kappa shape index (κ3) is 3.41. The molecule has 7 nitrogen and oxygen atoms in total. The van der Waals surface area contributed by atoms with Crippen molar-refractivity contribution in [1.82, 2.24) is 9.80 Å². The molecule has 4 fully saturated rings. The summed E-state index contributed by atoms with van der Waals surface area (Å²) in [6.45, 7) is 6.57. The van der Waals surface area contributed by atoms with Gasteiger partial charge in [0.1, 0.15) is 6.04 Å². The van der Waals surface area contributed by atoms with E-state index in [1.165, 1.54) is 6.42 Å². The molecule has 4 rings (SSSR count). The van der Waals surface area contributed by atoms with Crippen LogP contribution in [0.4, 0.5) is 0 Å². The van der Waals surface area contributed by atoms with Crippen LogP contribution in [0.2, 0.25) is 0 Å². The van der Waals surface area contributed by atoms with Crippen LogP contribution in [-0.4, -0.2) is 79.6 Å². The molecule has 3 unspecified atom stereocenters. The van der Waals surface area contributed by atoms with Gasteiger partial charge in [-0.3, -0.25) is 14.4 Å². The summed E-state index contributed by atoms with van der Waals surface area (Å²) in [6.07, 6.45) is 8.11. The van der Waals surface area contributed by atoms with Crippen molar-refractivity contribution < 1.29 is 24.6 Å². The SMILES string of the molecule is C=CCN(C(=O)C1N(CCCO)C(=O)[C@@H]2[C@@H](C(=O)O)[C@H]3CC(C)C12S3)C1CCCCC1. The third-order valence-electron chi connectivity index (χ3n) is 7.95. The molecular weight excluding hydrogens is 416 g/mol. The number of thioether (sulfide) groups is 1. The van der Waals surface area contributed by atoms with Crippen LogP contribution >= 0.6 is 11.8 Å². The quantitative estimate of drug-likeness (QED) is 0.550. The number of carbonyl (C=O) groups is 3. The molecule has 6 atom stereocenters. The molecule has 8 heteroatoms. The summed E-state index contributed by atoms with van der Waals surface area (Å²) >= 11 is 1.57. The Kier molecular flexibility index (Phi) is 6.41.